The number of amides is 1. The van der Waals surface area contributed by atoms with Gasteiger partial charge in [-0.15, -0.1) is 0 Å². The molecule has 2 aromatic heterocycles. The first-order valence-corrected chi connectivity index (χ1v) is 8.12. The molecule has 1 amide bonds. The second kappa shape index (κ2) is 6.14. The molecule has 0 N–H and O–H groups in total. The Morgan fingerprint density at radius 1 is 1.39 bits per heavy atom. The lowest BCUT2D eigenvalue weighted by atomic mass is 10.2. The standard InChI is InChI=1S/C16H22N4O3/c1-5-12-17-10(4)13(22-12)16(21)20-8-6-7-11(20)15-18-14(9(2)3)19-23-15/h9,11H,5-8H2,1-4H3. The molecule has 1 atom stereocenters. The fraction of sp³-hybridized carbons (Fsp3) is 0.625. The Hall–Kier alpha value is -2.18. The average molecular weight is 318 g/mol. The van der Waals surface area contributed by atoms with Crippen LogP contribution in [0.3, 0.4) is 0 Å². The monoisotopic (exact) mass is 318 g/mol. The SMILES string of the molecule is CCc1nc(C)c(C(=O)N2CCCC2c2nc(C(C)C)no2)o1. The van der Waals surface area contributed by atoms with Crippen LogP contribution in [0.25, 0.3) is 0 Å². The number of hydrogen-bond acceptors (Lipinski definition) is 6. The second-order valence-corrected chi connectivity index (χ2v) is 6.18. The third-order valence-corrected chi connectivity index (χ3v) is 4.11. The average Bonchev–Trinajstić information content (AvgIpc) is 3.24. The zero-order valence-electron chi connectivity index (χ0n) is 14.0. The summed E-state index contributed by atoms with van der Waals surface area (Å²) in [6.07, 6.45) is 2.39. The van der Waals surface area contributed by atoms with E-state index in [1.807, 2.05) is 20.8 Å². The summed E-state index contributed by atoms with van der Waals surface area (Å²) in [6, 6.07) is -0.183. The van der Waals surface area contributed by atoms with Gasteiger partial charge in [0.2, 0.25) is 11.7 Å². The molecule has 7 heteroatoms. The van der Waals surface area contributed by atoms with Crippen LogP contribution in [-0.2, 0) is 6.42 Å². The van der Waals surface area contributed by atoms with E-state index < -0.39 is 0 Å². The van der Waals surface area contributed by atoms with E-state index >= 15 is 0 Å². The largest absolute Gasteiger partial charge is 0.435 e. The summed E-state index contributed by atoms with van der Waals surface area (Å²) in [6.45, 7) is 8.42. The molecular weight excluding hydrogens is 296 g/mol. The highest BCUT2D eigenvalue weighted by Crippen LogP contribution is 2.33. The van der Waals surface area contributed by atoms with E-state index in [4.69, 9.17) is 8.94 Å². The third kappa shape index (κ3) is 2.87. The Balaban J connectivity index is 1.85. The van der Waals surface area contributed by atoms with Gasteiger partial charge in [-0.05, 0) is 19.8 Å². The minimum Gasteiger partial charge on any atom is -0.435 e. The van der Waals surface area contributed by atoms with Crippen molar-refractivity contribution in [2.24, 2.45) is 0 Å². The molecule has 1 aliphatic heterocycles. The maximum Gasteiger partial charge on any atom is 0.292 e. The fourth-order valence-corrected chi connectivity index (χ4v) is 2.82. The van der Waals surface area contributed by atoms with E-state index in [1.165, 1.54) is 0 Å². The van der Waals surface area contributed by atoms with E-state index in [0.29, 0.717) is 42.0 Å². The number of nitrogens with zero attached hydrogens (tertiary/aromatic N) is 4. The molecule has 1 saturated heterocycles. The number of rotatable bonds is 4. The van der Waals surface area contributed by atoms with Crippen molar-refractivity contribution in [2.75, 3.05) is 6.54 Å². The van der Waals surface area contributed by atoms with Crippen LogP contribution in [0.4, 0.5) is 0 Å². The van der Waals surface area contributed by atoms with Crippen LogP contribution in [-0.4, -0.2) is 32.5 Å². The summed E-state index contributed by atoms with van der Waals surface area (Å²) in [7, 11) is 0. The van der Waals surface area contributed by atoms with Crippen LogP contribution in [0, 0.1) is 6.92 Å². The first-order valence-electron chi connectivity index (χ1n) is 8.12. The zero-order chi connectivity index (χ0) is 16.6. The molecule has 7 nitrogen and oxygen atoms in total. The summed E-state index contributed by atoms with van der Waals surface area (Å²) in [4.78, 5) is 23.3. The molecule has 2 aromatic rings. The molecule has 3 rings (SSSR count). The highest BCUT2D eigenvalue weighted by Gasteiger charge is 2.36. The lowest BCUT2D eigenvalue weighted by molar-refractivity contribution is 0.0675. The van der Waals surface area contributed by atoms with Crippen LogP contribution >= 0.6 is 0 Å². The molecule has 124 valence electrons. The van der Waals surface area contributed by atoms with E-state index in [0.717, 1.165) is 12.8 Å². The number of aryl methyl sites for hydroxylation is 2. The Labute approximate surface area is 135 Å². The quantitative estimate of drug-likeness (QED) is 0.861. The van der Waals surface area contributed by atoms with Gasteiger partial charge in [-0.3, -0.25) is 4.79 Å². The Bertz CT molecular complexity index is 704. The summed E-state index contributed by atoms with van der Waals surface area (Å²) in [5, 5.41) is 4.00. The van der Waals surface area contributed by atoms with Gasteiger partial charge < -0.3 is 13.8 Å². The summed E-state index contributed by atoms with van der Waals surface area (Å²) in [5.41, 5.74) is 0.630. The van der Waals surface area contributed by atoms with Gasteiger partial charge in [0, 0.05) is 18.9 Å². The fourth-order valence-electron chi connectivity index (χ4n) is 2.82. The van der Waals surface area contributed by atoms with Crippen LogP contribution in [0.15, 0.2) is 8.94 Å². The van der Waals surface area contributed by atoms with Gasteiger partial charge in [-0.2, -0.15) is 4.98 Å². The number of likely N-dealkylation sites (tertiary alicyclic amines) is 1. The molecular formula is C16H22N4O3. The van der Waals surface area contributed by atoms with Crippen molar-refractivity contribution in [2.45, 2.75) is 58.9 Å². The van der Waals surface area contributed by atoms with Crippen molar-refractivity contribution >= 4 is 5.91 Å². The number of aromatic nitrogens is 3. The summed E-state index contributed by atoms with van der Waals surface area (Å²) >= 11 is 0. The van der Waals surface area contributed by atoms with Crippen molar-refractivity contribution in [3.63, 3.8) is 0 Å². The van der Waals surface area contributed by atoms with Gasteiger partial charge in [0.25, 0.3) is 5.91 Å². The Morgan fingerprint density at radius 3 is 2.78 bits per heavy atom. The first kappa shape index (κ1) is 15.7. The number of oxazole rings is 1. The van der Waals surface area contributed by atoms with Gasteiger partial charge in [0.15, 0.2) is 11.7 Å². The smallest absolute Gasteiger partial charge is 0.292 e. The second-order valence-electron chi connectivity index (χ2n) is 6.18. The zero-order valence-corrected chi connectivity index (χ0v) is 14.0. The predicted molar refractivity (Wildman–Crippen MR) is 82.0 cm³/mol. The van der Waals surface area contributed by atoms with E-state index in [9.17, 15) is 4.79 Å². The minimum atomic E-state index is -0.183. The molecule has 0 saturated carbocycles. The van der Waals surface area contributed by atoms with Crippen LogP contribution in [0.5, 0.6) is 0 Å². The van der Waals surface area contributed by atoms with Crippen molar-refractivity contribution < 1.29 is 13.7 Å². The molecule has 1 fully saturated rings. The lowest BCUT2D eigenvalue weighted by Gasteiger charge is -2.20. The lowest BCUT2D eigenvalue weighted by Crippen LogP contribution is -2.31. The minimum absolute atomic E-state index is 0.151. The molecule has 0 aliphatic carbocycles. The van der Waals surface area contributed by atoms with Gasteiger partial charge in [-0.1, -0.05) is 25.9 Å². The van der Waals surface area contributed by atoms with Crippen molar-refractivity contribution in [3.05, 3.63) is 29.1 Å². The summed E-state index contributed by atoms with van der Waals surface area (Å²) in [5.74, 6) is 2.12. The molecule has 3 heterocycles. The molecule has 0 radical (unpaired) electrons. The first-order chi connectivity index (χ1) is 11.0. The van der Waals surface area contributed by atoms with Crippen molar-refractivity contribution in [1.29, 1.82) is 0 Å². The van der Waals surface area contributed by atoms with Crippen LogP contribution in [0.1, 0.15) is 79.4 Å². The van der Waals surface area contributed by atoms with E-state index in [2.05, 4.69) is 15.1 Å². The van der Waals surface area contributed by atoms with Gasteiger partial charge in [0.05, 0.1) is 5.69 Å². The molecule has 1 unspecified atom stereocenters. The topological polar surface area (TPSA) is 85.3 Å². The van der Waals surface area contributed by atoms with Crippen molar-refractivity contribution in [3.8, 4) is 0 Å². The van der Waals surface area contributed by atoms with Crippen molar-refractivity contribution in [1.82, 2.24) is 20.0 Å². The molecule has 23 heavy (non-hydrogen) atoms. The van der Waals surface area contributed by atoms with Crippen LogP contribution < -0.4 is 0 Å². The molecule has 0 bridgehead atoms. The highest BCUT2D eigenvalue weighted by molar-refractivity contribution is 5.92. The van der Waals surface area contributed by atoms with E-state index in [-0.39, 0.29) is 17.9 Å². The third-order valence-electron chi connectivity index (χ3n) is 4.11. The molecule has 0 aromatic carbocycles. The Morgan fingerprint density at radius 2 is 2.17 bits per heavy atom. The maximum absolute atomic E-state index is 12.8. The number of carbonyl (C=O) groups is 1. The normalized spacial score (nSPS) is 18.1. The highest BCUT2D eigenvalue weighted by atomic mass is 16.5. The molecule has 1 aliphatic rings. The van der Waals surface area contributed by atoms with Gasteiger partial charge in [0.1, 0.15) is 6.04 Å². The maximum atomic E-state index is 12.8. The summed E-state index contributed by atoms with van der Waals surface area (Å²) < 4.78 is 11.0. The molecule has 0 spiro atoms. The van der Waals surface area contributed by atoms with Crippen LogP contribution in [0.2, 0.25) is 0 Å². The van der Waals surface area contributed by atoms with E-state index in [1.54, 1.807) is 11.8 Å². The van der Waals surface area contributed by atoms with Gasteiger partial charge >= 0.3 is 0 Å². The van der Waals surface area contributed by atoms with Gasteiger partial charge in [-0.25, -0.2) is 4.98 Å². The Kier molecular flexibility index (Phi) is 4.19. The number of carbonyl (C=O) groups excluding carboxylic acids is 1. The predicted octanol–water partition coefficient (Wildman–Crippen LogP) is 3.03. The number of hydrogen-bond donors (Lipinski definition) is 0.